The van der Waals surface area contributed by atoms with Crippen molar-refractivity contribution in [2.45, 2.75) is 51.4 Å². The third kappa shape index (κ3) is 5.62. The van der Waals surface area contributed by atoms with E-state index < -0.39 is 12.1 Å². The number of hydrogen-bond acceptors (Lipinski definition) is 4. The van der Waals surface area contributed by atoms with Gasteiger partial charge in [-0.15, -0.1) is 0 Å². The van der Waals surface area contributed by atoms with Crippen molar-refractivity contribution in [3.8, 4) is 16.9 Å². The Balaban J connectivity index is 1.49. The van der Waals surface area contributed by atoms with Crippen molar-refractivity contribution in [3.05, 3.63) is 89.0 Å². The monoisotopic (exact) mass is 445 g/mol. The van der Waals surface area contributed by atoms with Crippen molar-refractivity contribution in [1.82, 2.24) is 5.32 Å². The van der Waals surface area contributed by atoms with E-state index in [0.29, 0.717) is 18.3 Å². The molecule has 0 spiro atoms. The van der Waals surface area contributed by atoms with Crippen molar-refractivity contribution < 1.29 is 19.7 Å². The van der Waals surface area contributed by atoms with E-state index in [1.807, 2.05) is 56.3 Å². The molecule has 2 atom stereocenters. The van der Waals surface area contributed by atoms with Crippen LogP contribution >= 0.6 is 0 Å². The minimum atomic E-state index is -0.991. The normalized spacial score (nSPS) is 16.3. The summed E-state index contributed by atoms with van der Waals surface area (Å²) in [5.74, 6) is -0.601. The summed E-state index contributed by atoms with van der Waals surface area (Å²) in [4.78, 5) is 11.6. The Labute approximate surface area is 195 Å². The molecule has 0 unspecified atom stereocenters. The fourth-order valence-electron chi connectivity index (χ4n) is 4.41. The molecule has 0 radical (unpaired) electrons. The van der Waals surface area contributed by atoms with Crippen LogP contribution in [0.25, 0.3) is 11.1 Å². The van der Waals surface area contributed by atoms with Crippen molar-refractivity contribution in [1.29, 1.82) is 0 Å². The number of hydrogen-bond donors (Lipinski definition) is 3. The van der Waals surface area contributed by atoms with E-state index in [4.69, 9.17) is 4.74 Å². The van der Waals surface area contributed by atoms with E-state index in [9.17, 15) is 15.0 Å². The van der Waals surface area contributed by atoms with Gasteiger partial charge in [0.15, 0.2) is 0 Å². The lowest BCUT2D eigenvalue weighted by Gasteiger charge is -2.27. The maximum Gasteiger partial charge on any atom is 0.339 e. The first-order chi connectivity index (χ1) is 15.9. The van der Waals surface area contributed by atoms with E-state index in [-0.39, 0.29) is 11.7 Å². The maximum absolute atomic E-state index is 11.6. The number of aryl methyl sites for hydroxylation is 1. The van der Waals surface area contributed by atoms with Gasteiger partial charge in [0.2, 0.25) is 0 Å². The summed E-state index contributed by atoms with van der Waals surface area (Å²) in [6, 6.07) is 21.8. The molecule has 0 heterocycles. The molecule has 1 aliphatic carbocycles. The Morgan fingerprint density at radius 1 is 1.03 bits per heavy atom. The summed E-state index contributed by atoms with van der Waals surface area (Å²) in [6.07, 6.45) is 2.29. The molecule has 3 aromatic carbocycles. The smallest absolute Gasteiger partial charge is 0.339 e. The number of aliphatic hydroxyl groups is 1. The molecule has 172 valence electrons. The van der Waals surface area contributed by atoms with Crippen molar-refractivity contribution in [2.75, 3.05) is 6.54 Å². The summed E-state index contributed by atoms with van der Waals surface area (Å²) in [5.41, 5.74) is 5.72. The first-order valence-electron chi connectivity index (χ1n) is 11.5. The third-order valence-corrected chi connectivity index (χ3v) is 6.13. The van der Waals surface area contributed by atoms with Crippen LogP contribution in [-0.4, -0.2) is 34.9 Å². The maximum atomic E-state index is 11.6. The summed E-state index contributed by atoms with van der Waals surface area (Å²) >= 11 is 0. The second-order valence-electron chi connectivity index (χ2n) is 8.94. The molecule has 0 amide bonds. The van der Waals surface area contributed by atoms with E-state index >= 15 is 0 Å². The Bertz CT molecular complexity index is 1110. The highest BCUT2D eigenvalue weighted by Gasteiger charge is 2.21. The van der Waals surface area contributed by atoms with Gasteiger partial charge in [-0.05, 0) is 73.1 Å². The second kappa shape index (κ2) is 10.2. The van der Waals surface area contributed by atoms with E-state index in [1.54, 1.807) is 6.07 Å². The molecule has 0 saturated carbocycles. The molecule has 0 aliphatic heterocycles. The van der Waals surface area contributed by atoms with Gasteiger partial charge in [0.05, 0.1) is 12.2 Å². The van der Waals surface area contributed by atoms with Gasteiger partial charge in [0.25, 0.3) is 0 Å². The molecule has 0 saturated heterocycles. The van der Waals surface area contributed by atoms with Crippen LogP contribution in [0.3, 0.4) is 0 Å². The number of benzene rings is 3. The highest BCUT2D eigenvalue weighted by molar-refractivity contribution is 5.92. The van der Waals surface area contributed by atoms with Gasteiger partial charge in [0, 0.05) is 12.6 Å². The van der Waals surface area contributed by atoms with E-state index in [2.05, 4.69) is 23.5 Å². The predicted molar refractivity (Wildman–Crippen MR) is 130 cm³/mol. The SMILES string of the molecule is CC(C)Oc1cc(-c2ccc3c(c2)C[C@@H](NC[C@H](O)c2ccccc2)CC3)ccc1C(=O)O. The average molecular weight is 446 g/mol. The summed E-state index contributed by atoms with van der Waals surface area (Å²) in [5, 5.41) is 23.5. The van der Waals surface area contributed by atoms with E-state index in [0.717, 1.165) is 36.0 Å². The van der Waals surface area contributed by atoms with Crippen LogP contribution in [0.5, 0.6) is 5.75 Å². The average Bonchev–Trinajstić information content (AvgIpc) is 2.82. The van der Waals surface area contributed by atoms with Crippen LogP contribution in [0.15, 0.2) is 66.7 Å². The van der Waals surface area contributed by atoms with Crippen molar-refractivity contribution in [2.24, 2.45) is 0 Å². The van der Waals surface area contributed by atoms with Gasteiger partial charge >= 0.3 is 5.97 Å². The zero-order chi connectivity index (χ0) is 23.4. The minimum absolute atomic E-state index is 0.111. The fraction of sp³-hybridized carbons (Fsp3) is 0.321. The van der Waals surface area contributed by atoms with Crippen LogP contribution in [-0.2, 0) is 12.8 Å². The number of carbonyl (C=O) groups is 1. The molecule has 3 aromatic rings. The van der Waals surface area contributed by atoms with Gasteiger partial charge in [-0.1, -0.05) is 54.6 Å². The Hall–Kier alpha value is -3.15. The number of nitrogens with one attached hydrogen (secondary N) is 1. The molecule has 4 rings (SSSR count). The van der Waals surface area contributed by atoms with Crippen LogP contribution < -0.4 is 10.1 Å². The Kier molecular flexibility index (Phi) is 7.11. The van der Waals surface area contributed by atoms with Crippen LogP contribution in [0.2, 0.25) is 0 Å². The lowest BCUT2D eigenvalue weighted by molar-refractivity contribution is 0.0690. The molecule has 0 bridgehead atoms. The lowest BCUT2D eigenvalue weighted by atomic mass is 9.86. The number of ether oxygens (including phenoxy) is 1. The quantitative estimate of drug-likeness (QED) is 0.454. The summed E-state index contributed by atoms with van der Waals surface area (Å²) in [7, 11) is 0. The standard InChI is InChI=1S/C28H31NO4/c1-18(2)33-27-16-22(11-13-25(27)28(31)32)21-9-8-19-10-12-24(15-23(19)14-21)29-17-26(30)20-6-4-3-5-7-20/h3-9,11,13-14,16,18,24,26,29-30H,10,12,15,17H2,1-2H3,(H,31,32)/t24-,26-/m0/s1. The molecular weight excluding hydrogens is 414 g/mol. The molecule has 1 aliphatic rings. The van der Waals surface area contributed by atoms with Crippen LogP contribution in [0.4, 0.5) is 0 Å². The zero-order valence-electron chi connectivity index (χ0n) is 19.1. The first-order valence-corrected chi connectivity index (χ1v) is 11.5. The van der Waals surface area contributed by atoms with Crippen molar-refractivity contribution in [3.63, 3.8) is 0 Å². The number of rotatable bonds is 8. The zero-order valence-corrected chi connectivity index (χ0v) is 19.1. The number of carboxylic acids is 1. The molecule has 0 aromatic heterocycles. The first kappa shape index (κ1) is 23.0. The van der Waals surface area contributed by atoms with Crippen LogP contribution in [0.1, 0.15) is 53.4 Å². The third-order valence-electron chi connectivity index (χ3n) is 6.13. The van der Waals surface area contributed by atoms with Gasteiger partial charge < -0.3 is 20.3 Å². The number of carboxylic acid groups (broad SMARTS) is 1. The topological polar surface area (TPSA) is 78.8 Å². The van der Waals surface area contributed by atoms with Gasteiger partial charge in [-0.2, -0.15) is 0 Å². The molecule has 3 N–H and O–H groups in total. The highest BCUT2D eigenvalue weighted by Crippen LogP contribution is 2.32. The Morgan fingerprint density at radius 2 is 1.76 bits per heavy atom. The summed E-state index contributed by atoms with van der Waals surface area (Å²) in [6.45, 7) is 4.30. The fourth-order valence-corrected chi connectivity index (χ4v) is 4.41. The van der Waals surface area contributed by atoms with Gasteiger partial charge in [0.1, 0.15) is 11.3 Å². The molecule has 0 fully saturated rings. The number of aliphatic hydroxyl groups excluding tert-OH is 1. The lowest BCUT2D eigenvalue weighted by Crippen LogP contribution is -2.37. The van der Waals surface area contributed by atoms with Gasteiger partial charge in [-0.3, -0.25) is 0 Å². The van der Waals surface area contributed by atoms with Crippen LogP contribution in [0, 0.1) is 0 Å². The molecule has 5 nitrogen and oxygen atoms in total. The van der Waals surface area contributed by atoms with Crippen molar-refractivity contribution >= 4 is 5.97 Å². The van der Waals surface area contributed by atoms with Gasteiger partial charge in [-0.25, -0.2) is 4.79 Å². The number of aromatic carboxylic acids is 1. The highest BCUT2D eigenvalue weighted by atomic mass is 16.5. The predicted octanol–water partition coefficient (Wildman–Crippen LogP) is 5.02. The second-order valence-corrected chi connectivity index (χ2v) is 8.94. The summed E-state index contributed by atoms with van der Waals surface area (Å²) < 4.78 is 5.77. The number of fused-ring (bicyclic) bond motifs is 1. The molecule has 33 heavy (non-hydrogen) atoms. The Morgan fingerprint density at radius 3 is 2.48 bits per heavy atom. The largest absolute Gasteiger partial charge is 0.490 e. The molecular formula is C28H31NO4. The minimum Gasteiger partial charge on any atom is -0.490 e. The molecule has 5 heteroatoms. The van der Waals surface area contributed by atoms with E-state index in [1.165, 1.54) is 11.1 Å².